The summed E-state index contributed by atoms with van der Waals surface area (Å²) in [5.74, 6) is 2.33. The molecule has 0 saturated carbocycles. The average molecular weight is 623 g/mol. The van der Waals surface area contributed by atoms with E-state index < -0.39 is 0 Å². The smallest absolute Gasteiger partial charge is 0.00700 e. The van der Waals surface area contributed by atoms with Crippen molar-refractivity contribution in [2.45, 2.75) is 104 Å². The van der Waals surface area contributed by atoms with Gasteiger partial charge in [-0.3, -0.25) is 0 Å². The Kier molecular flexibility index (Phi) is 13.3. The molecule has 0 radical (unpaired) electrons. The van der Waals surface area contributed by atoms with Crippen LogP contribution in [0.5, 0.6) is 0 Å². The molecule has 234 valence electrons. The number of rotatable bonds is 15. The standard InChI is InChI=1S/C42H56P2/c1-31(2)39-17-9-35(10-18-39)27-43(28-36-11-19-40(20-12-36)32(3)4)25-26-44(29-37-13-21-41(22-14-37)33(5)6)30-38-15-23-42(24-16-38)34(7)8/h9-24,31-34H,25-30H2,1-8H3. The Balaban J connectivity index is 1.54. The number of hydrogen-bond donors (Lipinski definition) is 0. The fraction of sp³-hybridized carbons (Fsp3) is 0.429. The summed E-state index contributed by atoms with van der Waals surface area (Å²) in [5, 5.41) is 0. The van der Waals surface area contributed by atoms with Gasteiger partial charge in [0.1, 0.15) is 0 Å². The zero-order valence-corrected chi connectivity index (χ0v) is 30.5. The van der Waals surface area contributed by atoms with Crippen molar-refractivity contribution in [3.63, 3.8) is 0 Å². The SMILES string of the molecule is CC(C)c1ccc(CP(CCP(Cc2ccc(C(C)C)cc2)Cc2ccc(C(C)C)cc2)Cc2ccc(C(C)C)cc2)cc1. The summed E-state index contributed by atoms with van der Waals surface area (Å²) in [4.78, 5) is 0. The van der Waals surface area contributed by atoms with Crippen molar-refractivity contribution in [2.24, 2.45) is 0 Å². The van der Waals surface area contributed by atoms with E-state index in [1.165, 1.54) is 81.5 Å². The molecule has 4 rings (SSSR count). The summed E-state index contributed by atoms with van der Waals surface area (Å²) in [6, 6.07) is 38.1. The van der Waals surface area contributed by atoms with E-state index >= 15 is 0 Å². The van der Waals surface area contributed by atoms with Gasteiger partial charge in [0.05, 0.1) is 0 Å². The van der Waals surface area contributed by atoms with Crippen LogP contribution in [0.1, 0.15) is 124 Å². The lowest BCUT2D eigenvalue weighted by atomic mass is 10.0. The van der Waals surface area contributed by atoms with E-state index in [4.69, 9.17) is 0 Å². The van der Waals surface area contributed by atoms with Crippen LogP contribution in [0.25, 0.3) is 0 Å². The first-order valence-electron chi connectivity index (χ1n) is 16.9. The van der Waals surface area contributed by atoms with E-state index in [2.05, 4.69) is 152 Å². The summed E-state index contributed by atoms with van der Waals surface area (Å²) in [6.45, 7) is 18.3. The summed E-state index contributed by atoms with van der Waals surface area (Å²) in [6.07, 6.45) is 7.55. The van der Waals surface area contributed by atoms with Crippen molar-refractivity contribution < 1.29 is 0 Å². The van der Waals surface area contributed by atoms with Gasteiger partial charge < -0.3 is 0 Å². The maximum atomic E-state index is 2.40. The van der Waals surface area contributed by atoms with E-state index in [9.17, 15) is 0 Å². The summed E-state index contributed by atoms with van der Waals surface area (Å²) in [5.41, 5.74) is 11.8. The van der Waals surface area contributed by atoms with Crippen LogP contribution in [0.4, 0.5) is 0 Å². The van der Waals surface area contributed by atoms with Gasteiger partial charge in [0, 0.05) is 0 Å². The molecule has 0 aliphatic rings. The Morgan fingerprint density at radius 2 is 0.500 bits per heavy atom. The first kappa shape index (κ1) is 34.6. The Labute approximate surface area is 272 Å². The van der Waals surface area contributed by atoms with Gasteiger partial charge in [-0.25, -0.2) is 0 Å². The van der Waals surface area contributed by atoms with Crippen molar-refractivity contribution in [1.29, 1.82) is 0 Å². The molecule has 0 fully saturated rings. The Bertz CT molecular complexity index is 1160. The third-order valence-electron chi connectivity index (χ3n) is 8.94. The normalized spacial score (nSPS) is 12.0. The van der Waals surface area contributed by atoms with Gasteiger partial charge >= 0.3 is 0 Å². The topological polar surface area (TPSA) is 0 Å². The molecule has 0 heterocycles. The molecule has 2 heteroatoms. The van der Waals surface area contributed by atoms with Crippen molar-refractivity contribution in [3.8, 4) is 0 Å². The van der Waals surface area contributed by atoms with E-state index in [1.807, 2.05) is 0 Å². The van der Waals surface area contributed by atoms with Crippen molar-refractivity contribution in [1.82, 2.24) is 0 Å². The lowest BCUT2D eigenvalue weighted by molar-refractivity contribution is 0.865. The molecule has 0 aliphatic heterocycles. The van der Waals surface area contributed by atoms with Crippen LogP contribution in [-0.4, -0.2) is 12.3 Å². The number of hydrogen-bond acceptors (Lipinski definition) is 0. The highest BCUT2D eigenvalue weighted by molar-refractivity contribution is 7.60. The van der Waals surface area contributed by atoms with Crippen LogP contribution in [0.3, 0.4) is 0 Å². The minimum Gasteiger partial charge on any atom is -0.0974 e. The zero-order valence-electron chi connectivity index (χ0n) is 28.7. The van der Waals surface area contributed by atoms with Gasteiger partial charge in [-0.2, -0.15) is 0 Å². The van der Waals surface area contributed by atoms with Gasteiger partial charge in [0.15, 0.2) is 0 Å². The Morgan fingerprint density at radius 3 is 0.659 bits per heavy atom. The second-order valence-electron chi connectivity index (χ2n) is 14.0. The molecular formula is C42H56P2. The zero-order chi connectivity index (χ0) is 31.6. The van der Waals surface area contributed by atoms with Crippen LogP contribution in [0.15, 0.2) is 97.1 Å². The number of benzene rings is 4. The van der Waals surface area contributed by atoms with E-state index in [-0.39, 0.29) is 15.8 Å². The molecular weight excluding hydrogens is 566 g/mol. The van der Waals surface area contributed by atoms with Crippen molar-refractivity contribution >= 4 is 15.8 Å². The molecule has 0 aromatic heterocycles. The minimum absolute atomic E-state index is 0.156. The molecule has 44 heavy (non-hydrogen) atoms. The second-order valence-corrected chi connectivity index (χ2v) is 18.8. The van der Waals surface area contributed by atoms with Crippen LogP contribution < -0.4 is 0 Å². The lowest BCUT2D eigenvalue weighted by Crippen LogP contribution is -2.02. The molecule has 0 saturated heterocycles. The van der Waals surface area contributed by atoms with Crippen LogP contribution in [0.2, 0.25) is 0 Å². The molecule has 0 bridgehead atoms. The highest BCUT2D eigenvalue weighted by Crippen LogP contribution is 2.50. The third kappa shape index (κ3) is 10.7. The van der Waals surface area contributed by atoms with Gasteiger partial charge in [-0.1, -0.05) is 168 Å². The molecule has 0 spiro atoms. The maximum Gasteiger partial charge on any atom is -0.00700 e. The minimum atomic E-state index is -0.156. The molecule has 0 atom stereocenters. The van der Waals surface area contributed by atoms with Crippen LogP contribution in [-0.2, 0) is 24.6 Å². The third-order valence-corrected chi connectivity index (χ3v) is 14.3. The quantitative estimate of drug-likeness (QED) is 0.116. The summed E-state index contributed by atoms with van der Waals surface area (Å²) < 4.78 is 0. The summed E-state index contributed by atoms with van der Waals surface area (Å²) in [7, 11) is -0.313. The predicted molar refractivity (Wildman–Crippen MR) is 201 cm³/mol. The first-order valence-corrected chi connectivity index (χ1v) is 20.7. The fourth-order valence-corrected chi connectivity index (χ4v) is 11.8. The second kappa shape index (κ2) is 16.9. The maximum absolute atomic E-state index is 2.40. The van der Waals surface area contributed by atoms with Crippen LogP contribution in [0, 0.1) is 0 Å². The molecule has 0 N–H and O–H groups in total. The lowest BCUT2D eigenvalue weighted by Gasteiger charge is -2.24. The monoisotopic (exact) mass is 622 g/mol. The highest BCUT2D eigenvalue weighted by atomic mass is 31.1. The largest absolute Gasteiger partial charge is 0.0974 e. The van der Waals surface area contributed by atoms with Crippen molar-refractivity contribution in [3.05, 3.63) is 142 Å². The van der Waals surface area contributed by atoms with Gasteiger partial charge in [-0.15, -0.1) is 0 Å². The van der Waals surface area contributed by atoms with E-state index in [1.54, 1.807) is 0 Å². The molecule has 4 aromatic rings. The molecule has 0 amide bonds. The van der Waals surface area contributed by atoms with Crippen LogP contribution >= 0.6 is 15.8 Å². The van der Waals surface area contributed by atoms with Gasteiger partial charge in [0.25, 0.3) is 0 Å². The molecule has 0 unspecified atom stereocenters. The first-order chi connectivity index (χ1) is 21.1. The molecule has 0 nitrogen and oxygen atoms in total. The van der Waals surface area contributed by atoms with Crippen molar-refractivity contribution in [2.75, 3.05) is 12.3 Å². The van der Waals surface area contributed by atoms with Gasteiger partial charge in [0.2, 0.25) is 0 Å². The highest BCUT2D eigenvalue weighted by Gasteiger charge is 2.17. The summed E-state index contributed by atoms with van der Waals surface area (Å²) >= 11 is 0. The van der Waals surface area contributed by atoms with E-state index in [0.29, 0.717) is 23.7 Å². The average Bonchev–Trinajstić information content (AvgIpc) is 3.00. The molecule has 0 aliphatic carbocycles. The fourth-order valence-electron chi connectivity index (χ4n) is 5.78. The Morgan fingerprint density at radius 1 is 0.318 bits per heavy atom. The van der Waals surface area contributed by atoms with E-state index in [0.717, 1.165) is 0 Å². The molecule has 4 aromatic carbocycles. The predicted octanol–water partition coefficient (Wildman–Crippen LogP) is 13.2. The van der Waals surface area contributed by atoms with Gasteiger partial charge in [-0.05, 0) is 105 Å². The Hall–Kier alpha value is -2.26.